The quantitative estimate of drug-likeness (QED) is 0.792. The van der Waals surface area contributed by atoms with E-state index in [0.717, 1.165) is 3.57 Å². The Kier molecular flexibility index (Phi) is 5.58. The molecule has 4 nitrogen and oxygen atoms in total. The van der Waals surface area contributed by atoms with Crippen molar-refractivity contribution >= 4 is 38.3 Å². The van der Waals surface area contributed by atoms with Gasteiger partial charge < -0.3 is 5.32 Å². The molecule has 18 heavy (non-hydrogen) atoms. The van der Waals surface area contributed by atoms with Crippen LogP contribution in [-0.4, -0.2) is 31.9 Å². The molecule has 6 heteroatoms. The third-order valence-electron chi connectivity index (χ3n) is 2.43. The fourth-order valence-corrected chi connectivity index (χ4v) is 2.89. The summed E-state index contributed by atoms with van der Waals surface area (Å²) >= 11 is 2.16. The van der Waals surface area contributed by atoms with E-state index in [9.17, 15) is 13.2 Å². The summed E-state index contributed by atoms with van der Waals surface area (Å²) in [7, 11) is -3.07. The summed E-state index contributed by atoms with van der Waals surface area (Å²) in [5, 5.41) is 2.69. The maximum absolute atomic E-state index is 11.8. The molecule has 0 spiro atoms. The average molecular weight is 381 g/mol. The summed E-state index contributed by atoms with van der Waals surface area (Å²) < 4.78 is 23.9. The van der Waals surface area contributed by atoms with Crippen LogP contribution < -0.4 is 5.32 Å². The highest BCUT2D eigenvalue weighted by Gasteiger charge is 2.16. The molecule has 1 amide bonds. The van der Waals surface area contributed by atoms with Crippen LogP contribution in [0.1, 0.15) is 24.2 Å². The fourth-order valence-electron chi connectivity index (χ4n) is 1.45. The van der Waals surface area contributed by atoms with E-state index in [1.807, 2.05) is 12.1 Å². The monoisotopic (exact) mass is 381 g/mol. The van der Waals surface area contributed by atoms with Gasteiger partial charge in [-0.15, -0.1) is 0 Å². The predicted octanol–water partition coefficient (Wildman–Crippen LogP) is 1.84. The summed E-state index contributed by atoms with van der Waals surface area (Å²) in [6.45, 7) is 3.29. The van der Waals surface area contributed by atoms with Gasteiger partial charge in [0.05, 0.1) is 5.75 Å². The van der Waals surface area contributed by atoms with Crippen LogP contribution in [0, 0.1) is 3.57 Å². The number of amides is 1. The third kappa shape index (κ3) is 4.93. The van der Waals surface area contributed by atoms with Crippen molar-refractivity contribution in [3.05, 3.63) is 33.4 Å². The molecule has 0 radical (unpaired) electrons. The van der Waals surface area contributed by atoms with Crippen LogP contribution >= 0.6 is 22.6 Å². The predicted molar refractivity (Wildman–Crippen MR) is 80.4 cm³/mol. The number of hydrogen-bond acceptors (Lipinski definition) is 3. The van der Waals surface area contributed by atoms with Crippen LogP contribution in [0.3, 0.4) is 0 Å². The maximum atomic E-state index is 11.8. The van der Waals surface area contributed by atoms with E-state index in [2.05, 4.69) is 27.9 Å². The number of benzene rings is 1. The molecule has 100 valence electrons. The molecule has 1 unspecified atom stereocenters. The SMILES string of the molecule is CCS(=O)(=O)CC(C)NC(=O)c1ccc(I)cc1. The normalized spacial score (nSPS) is 13.1. The Morgan fingerprint density at radius 2 is 1.89 bits per heavy atom. The number of rotatable bonds is 5. The number of carbonyl (C=O) groups excluding carboxylic acids is 1. The number of hydrogen-bond donors (Lipinski definition) is 1. The van der Waals surface area contributed by atoms with Crippen LogP contribution in [0.25, 0.3) is 0 Å². The van der Waals surface area contributed by atoms with Gasteiger partial charge >= 0.3 is 0 Å². The van der Waals surface area contributed by atoms with Gasteiger partial charge in [0.2, 0.25) is 0 Å². The van der Waals surface area contributed by atoms with Gasteiger partial charge in [-0.3, -0.25) is 4.79 Å². The fraction of sp³-hybridized carbons (Fsp3) is 0.417. The first kappa shape index (κ1) is 15.4. The molecule has 0 aliphatic rings. The Morgan fingerprint density at radius 1 is 1.33 bits per heavy atom. The molecule has 0 bridgehead atoms. The van der Waals surface area contributed by atoms with Crippen LogP contribution in [0.15, 0.2) is 24.3 Å². The van der Waals surface area contributed by atoms with Gasteiger partial charge in [-0.05, 0) is 53.8 Å². The summed E-state index contributed by atoms with van der Waals surface area (Å²) in [5.41, 5.74) is 0.538. The standard InChI is InChI=1S/C12H16INO3S/c1-3-18(16,17)8-9(2)14-12(15)10-4-6-11(13)7-5-10/h4-7,9H,3,8H2,1-2H3,(H,14,15). The number of halogens is 1. The van der Waals surface area contributed by atoms with Crippen molar-refractivity contribution in [1.29, 1.82) is 0 Å². The Balaban J connectivity index is 2.62. The first-order chi connectivity index (χ1) is 8.34. The topological polar surface area (TPSA) is 63.2 Å². The summed E-state index contributed by atoms with van der Waals surface area (Å²) in [6, 6.07) is 6.73. The van der Waals surface area contributed by atoms with Gasteiger partial charge in [0.15, 0.2) is 9.84 Å². The summed E-state index contributed by atoms with van der Waals surface area (Å²) in [6.07, 6.45) is 0. The molecule has 0 saturated carbocycles. The van der Waals surface area contributed by atoms with E-state index in [4.69, 9.17) is 0 Å². The molecular weight excluding hydrogens is 365 g/mol. The van der Waals surface area contributed by atoms with Gasteiger partial charge in [-0.25, -0.2) is 8.42 Å². The van der Waals surface area contributed by atoms with Crippen molar-refractivity contribution in [1.82, 2.24) is 5.32 Å². The lowest BCUT2D eigenvalue weighted by Crippen LogP contribution is -2.37. The molecule has 1 rings (SSSR count). The second kappa shape index (κ2) is 6.51. The minimum Gasteiger partial charge on any atom is -0.349 e. The van der Waals surface area contributed by atoms with Gasteiger partial charge in [0.1, 0.15) is 0 Å². The van der Waals surface area contributed by atoms with Gasteiger partial charge in [-0.1, -0.05) is 6.92 Å². The molecule has 1 aromatic rings. The molecule has 0 heterocycles. The number of nitrogens with one attached hydrogen (secondary N) is 1. The van der Waals surface area contributed by atoms with E-state index in [-0.39, 0.29) is 23.5 Å². The summed E-state index contributed by atoms with van der Waals surface area (Å²) in [5.74, 6) is -0.179. The first-order valence-corrected chi connectivity index (χ1v) is 8.51. The van der Waals surface area contributed by atoms with Crippen LogP contribution in [0.5, 0.6) is 0 Å². The molecule has 0 aromatic heterocycles. The van der Waals surface area contributed by atoms with Gasteiger partial charge in [0, 0.05) is 20.9 Å². The van der Waals surface area contributed by atoms with E-state index in [1.165, 1.54) is 0 Å². The Morgan fingerprint density at radius 3 is 2.39 bits per heavy atom. The van der Waals surface area contributed by atoms with Crippen molar-refractivity contribution in [2.75, 3.05) is 11.5 Å². The minimum absolute atomic E-state index is 0.0282. The minimum atomic E-state index is -3.07. The second-order valence-electron chi connectivity index (χ2n) is 4.08. The van der Waals surface area contributed by atoms with Crippen molar-refractivity contribution < 1.29 is 13.2 Å². The van der Waals surface area contributed by atoms with E-state index in [0.29, 0.717) is 5.56 Å². The first-order valence-electron chi connectivity index (χ1n) is 5.61. The van der Waals surface area contributed by atoms with Crippen LogP contribution in [0.2, 0.25) is 0 Å². The molecule has 0 aliphatic heterocycles. The molecule has 1 N–H and O–H groups in total. The second-order valence-corrected chi connectivity index (χ2v) is 7.72. The lowest BCUT2D eigenvalue weighted by molar-refractivity contribution is 0.0943. The van der Waals surface area contributed by atoms with Gasteiger partial charge in [-0.2, -0.15) is 0 Å². The molecule has 0 fully saturated rings. The zero-order valence-electron chi connectivity index (χ0n) is 10.3. The number of sulfone groups is 1. The smallest absolute Gasteiger partial charge is 0.251 e. The summed E-state index contributed by atoms with van der Waals surface area (Å²) in [4.78, 5) is 11.8. The number of carbonyl (C=O) groups is 1. The lowest BCUT2D eigenvalue weighted by atomic mass is 10.2. The molecule has 1 atom stereocenters. The lowest BCUT2D eigenvalue weighted by Gasteiger charge is -2.13. The zero-order chi connectivity index (χ0) is 13.8. The van der Waals surface area contributed by atoms with Crippen molar-refractivity contribution in [2.45, 2.75) is 19.9 Å². The molecule has 0 saturated heterocycles. The maximum Gasteiger partial charge on any atom is 0.251 e. The molecular formula is C12H16INO3S. The Hall–Kier alpha value is -0.630. The van der Waals surface area contributed by atoms with Crippen molar-refractivity contribution in [2.24, 2.45) is 0 Å². The highest BCUT2D eigenvalue weighted by atomic mass is 127. The van der Waals surface area contributed by atoms with E-state index in [1.54, 1.807) is 26.0 Å². The zero-order valence-corrected chi connectivity index (χ0v) is 13.3. The third-order valence-corrected chi connectivity index (χ3v) is 5.03. The Bertz CT molecular complexity index is 511. The van der Waals surface area contributed by atoms with Crippen LogP contribution in [-0.2, 0) is 9.84 Å². The van der Waals surface area contributed by atoms with Crippen LogP contribution in [0.4, 0.5) is 0 Å². The van der Waals surface area contributed by atoms with Crippen molar-refractivity contribution in [3.63, 3.8) is 0 Å². The largest absolute Gasteiger partial charge is 0.349 e. The van der Waals surface area contributed by atoms with Crippen molar-refractivity contribution in [3.8, 4) is 0 Å². The Labute approximate surface area is 121 Å². The highest BCUT2D eigenvalue weighted by Crippen LogP contribution is 2.07. The van der Waals surface area contributed by atoms with E-state index < -0.39 is 9.84 Å². The molecule has 0 aliphatic carbocycles. The average Bonchev–Trinajstić information content (AvgIpc) is 2.29. The van der Waals surface area contributed by atoms with Gasteiger partial charge in [0.25, 0.3) is 5.91 Å². The van der Waals surface area contributed by atoms with E-state index >= 15 is 0 Å². The highest BCUT2D eigenvalue weighted by molar-refractivity contribution is 14.1. The molecule has 1 aromatic carbocycles.